The van der Waals surface area contributed by atoms with Crippen LogP contribution in [0.4, 0.5) is 4.79 Å². The second-order valence-electron chi connectivity index (χ2n) is 10.2. The second-order valence-corrected chi connectivity index (χ2v) is 10.6. The number of hydrogen-bond donors (Lipinski definition) is 3. The molecule has 0 aliphatic rings. The number of benzene rings is 3. The van der Waals surface area contributed by atoms with Crippen LogP contribution in [-0.2, 0) is 32.2 Å². The van der Waals surface area contributed by atoms with Crippen LogP contribution in [0.1, 0.15) is 31.9 Å². The monoisotopic (exact) mass is 611 g/mol. The first-order valence-electron chi connectivity index (χ1n) is 14.4. The average Bonchev–Trinajstić information content (AvgIpc) is 2.99. The van der Waals surface area contributed by atoms with Gasteiger partial charge in [-0.15, -0.1) is 0 Å². The number of amides is 3. The lowest BCUT2D eigenvalue weighted by Gasteiger charge is -2.36. The molecule has 0 heterocycles. The van der Waals surface area contributed by atoms with Crippen LogP contribution in [0.15, 0.2) is 66.7 Å². The predicted octanol–water partition coefficient (Wildman–Crippen LogP) is 4.11. The first-order valence-corrected chi connectivity index (χ1v) is 14.8. The Hall–Kier alpha value is -3.54. The van der Waals surface area contributed by atoms with Crippen LogP contribution in [-0.4, -0.2) is 79.9 Å². The van der Waals surface area contributed by atoms with E-state index < -0.39 is 24.3 Å². The maximum absolute atomic E-state index is 12.9. The number of rotatable bonds is 17. The fourth-order valence-corrected chi connectivity index (χ4v) is 4.86. The topological polar surface area (TPSA) is 112 Å². The van der Waals surface area contributed by atoms with E-state index in [9.17, 15) is 14.4 Å². The molecule has 3 aromatic carbocycles. The number of likely N-dealkylation sites (N-methyl/N-ethyl adjacent to an activating group) is 1. The van der Waals surface area contributed by atoms with Gasteiger partial charge in [-0.05, 0) is 54.8 Å². The van der Waals surface area contributed by atoms with Crippen molar-refractivity contribution in [2.24, 2.45) is 0 Å². The molecule has 0 saturated carbocycles. The molecule has 11 heteroatoms. The molecule has 0 bridgehead atoms. The Morgan fingerprint density at radius 3 is 2.33 bits per heavy atom. The van der Waals surface area contributed by atoms with E-state index in [-0.39, 0.29) is 19.1 Å². The number of nitrogens with one attached hydrogen (secondary N) is 3. The molecule has 0 aliphatic heterocycles. The Balaban J connectivity index is 1.64. The lowest BCUT2D eigenvalue weighted by atomic mass is 10.0. The smallest absolute Gasteiger partial charge is 0.329 e. The van der Waals surface area contributed by atoms with Gasteiger partial charge >= 0.3 is 6.03 Å². The molecule has 43 heavy (non-hydrogen) atoms. The molecule has 3 amide bonds. The summed E-state index contributed by atoms with van der Waals surface area (Å²) in [6.45, 7) is 7.63. The van der Waals surface area contributed by atoms with Crippen LogP contribution in [0.25, 0.3) is 10.8 Å². The normalized spacial score (nSPS) is 12.8. The molecular formula is C32H42ClN5O5. The number of urea groups is 1. The zero-order chi connectivity index (χ0) is 31.2. The number of aldehydes is 1. The third-order valence-corrected chi connectivity index (χ3v) is 7.12. The van der Waals surface area contributed by atoms with Crippen molar-refractivity contribution in [1.82, 2.24) is 26.0 Å². The Bertz CT molecular complexity index is 1310. The largest absolute Gasteiger partial charge is 0.351 e. The molecule has 0 saturated heterocycles. The van der Waals surface area contributed by atoms with Crippen LogP contribution in [0, 0.1) is 0 Å². The zero-order valence-electron chi connectivity index (χ0n) is 25.2. The molecule has 232 valence electrons. The summed E-state index contributed by atoms with van der Waals surface area (Å²) in [6.07, 6.45) is 0.207. The molecule has 0 aliphatic carbocycles. The van der Waals surface area contributed by atoms with E-state index in [1.54, 1.807) is 19.2 Å². The maximum atomic E-state index is 12.9. The molecule has 3 aromatic rings. The molecular weight excluding hydrogens is 570 g/mol. The lowest BCUT2D eigenvalue weighted by molar-refractivity contribution is -0.172. The molecule has 3 N–H and O–H groups in total. The minimum atomic E-state index is -0.805. The highest BCUT2D eigenvalue weighted by Gasteiger charge is 2.28. The number of fused-ring (bicyclic) bond motifs is 1. The van der Waals surface area contributed by atoms with Gasteiger partial charge in [0.1, 0.15) is 6.29 Å². The van der Waals surface area contributed by atoms with Crippen LogP contribution in [0.2, 0.25) is 5.02 Å². The van der Waals surface area contributed by atoms with E-state index in [4.69, 9.17) is 21.1 Å². The summed E-state index contributed by atoms with van der Waals surface area (Å²) in [5, 5.41) is 9.71. The van der Waals surface area contributed by atoms with Gasteiger partial charge < -0.3 is 24.9 Å². The van der Waals surface area contributed by atoms with Gasteiger partial charge in [0.15, 0.2) is 6.29 Å². The van der Waals surface area contributed by atoms with E-state index >= 15 is 0 Å². The third kappa shape index (κ3) is 10.9. The SMILES string of the molecule is CCOC(OCC)[C@H](C)N(Cc1cccc2ccccc12)C[C@@H](C=O)NC(=O)CN(C)NC(=O)NCc1ccc(Cl)cc1. The summed E-state index contributed by atoms with van der Waals surface area (Å²) in [4.78, 5) is 39.4. The number of carbonyl (C=O) groups is 3. The highest BCUT2D eigenvalue weighted by molar-refractivity contribution is 6.30. The number of carbonyl (C=O) groups excluding carboxylic acids is 3. The minimum Gasteiger partial charge on any atom is -0.351 e. The Kier molecular flexibility index (Phi) is 13.9. The first-order chi connectivity index (χ1) is 20.7. The van der Waals surface area contributed by atoms with Gasteiger partial charge in [-0.2, -0.15) is 0 Å². The van der Waals surface area contributed by atoms with Crippen molar-refractivity contribution in [2.75, 3.05) is 33.4 Å². The number of hydrazine groups is 1. The highest BCUT2D eigenvalue weighted by Crippen LogP contribution is 2.22. The summed E-state index contributed by atoms with van der Waals surface area (Å²) in [7, 11) is 1.57. The molecule has 0 aromatic heterocycles. The van der Waals surface area contributed by atoms with Crippen molar-refractivity contribution in [3.8, 4) is 0 Å². The number of nitrogens with zero attached hydrogens (tertiary/aromatic N) is 2. The molecule has 0 radical (unpaired) electrons. The van der Waals surface area contributed by atoms with Gasteiger partial charge in [-0.25, -0.2) is 9.80 Å². The predicted molar refractivity (Wildman–Crippen MR) is 168 cm³/mol. The van der Waals surface area contributed by atoms with Gasteiger partial charge in [-0.3, -0.25) is 15.1 Å². The Morgan fingerprint density at radius 1 is 0.977 bits per heavy atom. The van der Waals surface area contributed by atoms with Gasteiger partial charge in [-0.1, -0.05) is 66.2 Å². The summed E-state index contributed by atoms with van der Waals surface area (Å²) in [5.74, 6) is -0.415. The molecule has 0 unspecified atom stereocenters. The van der Waals surface area contributed by atoms with Crippen molar-refractivity contribution in [2.45, 2.75) is 52.2 Å². The van der Waals surface area contributed by atoms with Gasteiger partial charge in [0.25, 0.3) is 0 Å². The van der Waals surface area contributed by atoms with Crippen LogP contribution >= 0.6 is 11.6 Å². The van der Waals surface area contributed by atoms with Crippen LogP contribution in [0.5, 0.6) is 0 Å². The fraction of sp³-hybridized carbons (Fsp3) is 0.406. The first kappa shape index (κ1) is 34.0. The standard InChI is InChI=1S/C32H42ClN5O5/c1-5-42-31(43-6-2)23(3)38(19-26-12-9-11-25-10-7-8-13-29(25)26)20-28(22-39)35-30(40)21-37(4)36-32(41)34-18-24-14-16-27(33)17-15-24/h7-17,22-23,28,31H,5-6,18-21H2,1-4H3,(H,35,40)(H2,34,36,41)/t23-,28-/m0/s1. The van der Waals surface area contributed by atoms with E-state index in [2.05, 4.69) is 45.2 Å². The second kappa shape index (κ2) is 17.5. The van der Waals surface area contributed by atoms with Crippen molar-refractivity contribution < 1.29 is 23.9 Å². The van der Waals surface area contributed by atoms with Gasteiger partial charge in [0.05, 0.1) is 18.6 Å². The van der Waals surface area contributed by atoms with E-state index in [1.165, 1.54) is 5.01 Å². The van der Waals surface area contributed by atoms with Crippen LogP contribution in [0.3, 0.4) is 0 Å². The summed E-state index contributed by atoms with van der Waals surface area (Å²) < 4.78 is 11.8. The Morgan fingerprint density at radius 2 is 1.65 bits per heavy atom. The lowest BCUT2D eigenvalue weighted by Crippen LogP contribution is -2.53. The summed E-state index contributed by atoms with van der Waals surface area (Å²) in [5.41, 5.74) is 4.57. The molecule has 0 fully saturated rings. The minimum absolute atomic E-state index is 0.155. The van der Waals surface area contributed by atoms with Crippen molar-refractivity contribution in [3.05, 3.63) is 82.9 Å². The third-order valence-electron chi connectivity index (χ3n) is 6.87. The number of hydrogen-bond acceptors (Lipinski definition) is 7. The maximum Gasteiger partial charge on any atom is 0.329 e. The molecule has 10 nitrogen and oxygen atoms in total. The summed E-state index contributed by atoms with van der Waals surface area (Å²) >= 11 is 5.90. The zero-order valence-corrected chi connectivity index (χ0v) is 26.0. The molecule has 2 atom stereocenters. The number of halogens is 1. The van der Waals surface area contributed by atoms with Crippen molar-refractivity contribution in [3.63, 3.8) is 0 Å². The molecule has 0 spiro atoms. The molecule has 3 rings (SSSR count). The van der Waals surface area contributed by atoms with Gasteiger partial charge in [0.2, 0.25) is 5.91 Å². The van der Waals surface area contributed by atoms with Crippen molar-refractivity contribution in [1.29, 1.82) is 0 Å². The highest BCUT2D eigenvalue weighted by atomic mass is 35.5. The van der Waals surface area contributed by atoms with E-state index in [0.717, 1.165) is 28.2 Å². The summed E-state index contributed by atoms with van der Waals surface area (Å²) in [6, 6.07) is 19.9. The van der Waals surface area contributed by atoms with Gasteiger partial charge in [0, 0.05) is 44.9 Å². The quantitative estimate of drug-likeness (QED) is 0.120. The van der Waals surface area contributed by atoms with Crippen molar-refractivity contribution >= 4 is 40.6 Å². The number of ether oxygens (including phenoxy) is 2. The average molecular weight is 612 g/mol. The van der Waals surface area contributed by atoms with E-state index in [1.807, 2.05) is 51.1 Å². The van der Waals surface area contributed by atoms with E-state index in [0.29, 0.717) is 31.3 Å². The van der Waals surface area contributed by atoms with Crippen LogP contribution < -0.4 is 16.1 Å². The Labute approximate surface area is 258 Å². The fourth-order valence-electron chi connectivity index (χ4n) is 4.73.